The third-order valence-corrected chi connectivity index (χ3v) is 3.24. The van der Waals surface area contributed by atoms with Crippen molar-refractivity contribution in [1.82, 2.24) is 9.88 Å². The van der Waals surface area contributed by atoms with Crippen LogP contribution in [0.5, 0.6) is 0 Å². The predicted molar refractivity (Wildman–Crippen MR) is 90.4 cm³/mol. The zero-order valence-corrected chi connectivity index (χ0v) is 13.4. The van der Waals surface area contributed by atoms with Crippen LogP contribution < -0.4 is 16.2 Å². The smallest absolute Gasteiger partial charge is 0.285 e. The second-order valence-corrected chi connectivity index (χ2v) is 5.10. The van der Waals surface area contributed by atoms with Gasteiger partial charge in [0, 0.05) is 29.9 Å². The summed E-state index contributed by atoms with van der Waals surface area (Å²) in [4.78, 5) is 45.7. The average molecular weight is 344 g/mol. The van der Waals surface area contributed by atoms with Crippen LogP contribution in [0, 0.1) is 10.1 Å². The summed E-state index contributed by atoms with van der Waals surface area (Å²) in [5.41, 5.74) is -0.0538. The maximum atomic E-state index is 12.1. The molecule has 0 fully saturated rings. The molecule has 0 aliphatic carbocycles. The molecule has 0 bridgehead atoms. The monoisotopic (exact) mass is 344 g/mol. The van der Waals surface area contributed by atoms with Gasteiger partial charge in [-0.3, -0.25) is 29.1 Å². The van der Waals surface area contributed by atoms with Gasteiger partial charge in [-0.2, -0.15) is 0 Å². The number of carbonyl (C=O) groups excluding carboxylic acids is 2. The first-order valence-corrected chi connectivity index (χ1v) is 7.43. The Kier molecular flexibility index (Phi) is 5.62. The molecule has 1 aromatic carbocycles. The minimum absolute atomic E-state index is 0.270. The van der Waals surface area contributed by atoms with E-state index in [-0.39, 0.29) is 18.1 Å². The molecule has 130 valence electrons. The maximum Gasteiger partial charge on any atom is 0.285 e. The van der Waals surface area contributed by atoms with Crippen LogP contribution in [0.3, 0.4) is 0 Å². The molecule has 2 amide bonds. The number of amides is 2. The lowest BCUT2D eigenvalue weighted by Crippen LogP contribution is -2.27. The van der Waals surface area contributed by atoms with E-state index < -0.39 is 16.4 Å². The summed E-state index contributed by atoms with van der Waals surface area (Å²) in [6.07, 6.45) is 1.01. The van der Waals surface area contributed by atoms with Crippen molar-refractivity contribution in [3.05, 3.63) is 68.6 Å². The molecular formula is C16H16N4O5. The molecule has 0 saturated carbocycles. The highest BCUT2D eigenvalue weighted by Crippen LogP contribution is 2.11. The molecule has 1 aromatic heterocycles. The number of hydrogen-bond donors (Lipinski definition) is 2. The van der Waals surface area contributed by atoms with E-state index in [2.05, 4.69) is 10.6 Å². The molecule has 0 atom stereocenters. The molecule has 0 spiro atoms. The summed E-state index contributed by atoms with van der Waals surface area (Å²) >= 11 is 0. The van der Waals surface area contributed by atoms with Crippen molar-refractivity contribution in [2.75, 3.05) is 11.9 Å². The van der Waals surface area contributed by atoms with Gasteiger partial charge in [-0.25, -0.2) is 0 Å². The van der Waals surface area contributed by atoms with Gasteiger partial charge in [0.15, 0.2) is 0 Å². The van der Waals surface area contributed by atoms with E-state index in [9.17, 15) is 24.5 Å². The molecule has 0 radical (unpaired) electrons. The van der Waals surface area contributed by atoms with Crippen molar-refractivity contribution >= 4 is 23.2 Å². The first kappa shape index (κ1) is 17.9. The van der Waals surface area contributed by atoms with Gasteiger partial charge in [0.2, 0.25) is 5.91 Å². The van der Waals surface area contributed by atoms with Gasteiger partial charge in [0.1, 0.15) is 6.54 Å². The SMILES string of the molecule is CCNC(=O)c1cccc(NC(=O)Cn2cc([N+](=O)[O-])ccc2=O)c1. The Balaban J connectivity index is 2.12. The number of carbonyl (C=O) groups is 2. The highest BCUT2D eigenvalue weighted by molar-refractivity contribution is 5.97. The number of benzene rings is 1. The minimum Gasteiger partial charge on any atom is -0.352 e. The van der Waals surface area contributed by atoms with Crippen LogP contribution in [-0.4, -0.2) is 27.8 Å². The van der Waals surface area contributed by atoms with Crippen LogP contribution >= 0.6 is 0 Å². The van der Waals surface area contributed by atoms with E-state index in [4.69, 9.17) is 0 Å². The van der Waals surface area contributed by atoms with E-state index in [1.54, 1.807) is 25.1 Å². The van der Waals surface area contributed by atoms with Gasteiger partial charge in [0.05, 0.1) is 11.1 Å². The summed E-state index contributed by atoms with van der Waals surface area (Å²) in [7, 11) is 0. The van der Waals surface area contributed by atoms with Crippen molar-refractivity contribution in [3.63, 3.8) is 0 Å². The summed E-state index contributed by atoms with van der Waals surface area (Å²) in [6.45, 7) is 1.89. The van der Waals surface area contributed by atoms with Crippen LogP contribution in [0.15, 0.2) is 47.4 Å². The summed E-state index contributed by atoms with van der Waals surface area (Å²) in [5, 5.41) is 15.9. The quantitative estimate of drug-likeness (QED) is 0.601. The van der Waals surface area contributed by atoms with Crippen molar-refractivity contribution in [1.29, 1.82) is 0 Å². The number of anilines is 1. The second kappa shape index (κ2) is 7.86. The molecule has 0 aliphatic rings. The largest absolute Gasteiger partial charge is 0.352 e. The topological polar surface area (TPSA) is 123 Å². The lowest BCUT2D eigenvalue weighted by atomic mass is 10.2. The molecule has 0 saturated heterocycles. The first-order chi connectivity index (χ1) is 11.9. The average Bonchev–Trinajstić information content (AvgIpc) is 2.57. The van der Waals surface area contributed by atoms with E-state index >= 15 is 0 Å². The molecular weight excluding hydrogens is 328 g/mol. The Bertz CT molecular complexity index is 875. The van der Waals surface area contributed by atoms with Gasteiger partial charge in [-0.1, -0.05) is 6.07 Å². The molecule has 0 aliphatic heterocycles. The fraction of sp³-hybridized carbons (Fsp3) is 0.188. The standard InChI is InChI=1S/C16H16N4O5/c1-2-17-16(23)11-4-3-5-12(8-11)18-14(21)10-19-9-13(20(24)25)6-7-15(19)22/h3-9H,2,10H2,1H3,(H,17,23)(H,18,21). The lowest BCUT2D eigenvalue weighted by Gasteiger charge is -2.09. The van der Waals surface area contributed by atoms with Crippen LogP contribution in [-0.2, 0) is 11.3 Å². The zero-order valence-electron chi connectivity index (χ0n) is 13.4. The van der Waals surface area contributed by atoms with E-state index in [1.165, 1.54) is 6.07 Å². The number of nitrogens with one attached hydrogen (secondary N) is 2. The summed E-state index contributed by atoms with van der Waals surface area (Å²) in [6, 6.07) is 8.41. The van der Waals surface area contributed by atoms with Gasteiger partial charge in [0.25, 0.3) is 17.2 Å². The Morgan fingerprint density at radius 1 is 1.24 bits per heavy atom. The molecule has 9 heteroatoms. The molecule has 9 nitrogen and oxygen atoms in total. The summed E-state index contributed by atoms with van der Waals surface area (Å²) in [5.74, 6) is -0.816. The highest BCUT2D eigenvalue weighted by atomic mass is 16.6. The first-order valence-electron chi connectivity index (χ1n) is 7.43. The number of pyridine rings is 1. The van der Waals surface area contributed by atoms with Gasteiger partial charge >= 0.3 is 0 Å². The Labute approximate surface area is 142 Å². The number of rotatable bonds is 6. The summed E-state index contributed by atoms with van der Waals surface area (Å²) < 4.78 is 0.946. The van der Waals surface area contributed by atoms with Crippen molar-refractivity contribution < 1.29 is 14.5 Å². The minimum atomic E-state index is -0.649. The fourth-order valence-electron chi connectivity index (χ4n) is 2.11. The van der Waals surface area contributed by atoms with E-state index in [0.717, 1.165) is 22.9 Å². The number of nitrogens with zero attached hydrogens (tertiary/aromatic N) is 2. The molecule has 2 rings (SSSR count). The zero-order chi connectivity index (χ0) is 18.4. The second-order valence-electron chi connectivity index (χ2n) is 5.10. The van der Waals surface area contributed by atoms with Crippen molar-refractivity contribution in [2.24, 2.45) is 0 Å². The third-order valence-electron chi connectivity index (χ3n) is 3.24. The van der Waals surface area contributed by atoms with Crippen LogP contribution in [0.25, 0.3) is 0 Å². The number of nitro groups is 1. The normalized spacial score (nSPS) is 10.1. The van der Waals surface area contributed by atoms with Crippen LogP contribution in [0.4, 0.5) is 11.4 Å². The van der Waals surface area contributed by atoms with E-state index in [0.29, 0.717) is 17.8 Å². The number of aromatic nitrogens is 1. The predicted octanol–water partition coefficient (Wildman–Crippen LogP) is 1.14. The highest BCUT2D eigenvalue weighted by Gasteiger charge is 2.11. The number of hydrogen-bond acceptors (Lipinski definition) is 5. The Hall–Kier alpha value is -3.49. The Morgan fingerprint density at radius 2 is 2.00 bits per heavy atom. The Morgan fingerprint density at radius 3 is 2.68 bits per heavy atom. The third kappa shape index (κ3) is 4.74. The van der Waals surface area contributed by atoms with E-state index in [1.807, 2.05) is 0 Å². The molecule has 2 N–H and O–H groups in total. The van der Waals surface area contributed by atoms with Crippen LogP contribution in [0.2, 0.25) is 0 Å². The molecule has 0 unspecified atom stereocenters. The van der Waals surface area contributed by atoms with Crippen LogP contribution in [0.1, 0.15) is 17.3 Å². The van der Waals surface area contributed by atoms with Crippen molar-refractivity contribution in [2.45, 2.75) is 13.5 Å². The van der Waals surface area contributed by atoms with Gasteiger partial charge < -0.3 is 10.6 Å². The van der Waals surface area contributed by atoms with Crippen molar-refractivity contribution in [3.8, 4) is 0 Å². The molecule has 1 heterocycles. The lowest BCUT2D eigenvalue weighted by molar-refractivity contribution is -0.385. The molecule has 25 heavy (non-hydrogen) atoms. The maximum absolute atomic E-state index is 12.1. The molecule has 2 aromatic rings. The fourth-order valence-corrected chi connectivity index (χ4v) is 2.11. The van der Waals surface area contributed by atoms with Gasteiger partial charge in [-0.05, 0) is 25.1 Å². The van der Waals surface area contributed by atoms with Gasteiger partial charge in [-0.15, -0.1) is 0 Å².